The standard InChI is InChI=1S/C15H22BrNO2/c1-19-10-9-17(14-5-6-14)8-7-15(18)12-3-2-4-13(16)11-12/h2-4,11,14-15,18H,5-10H2,1H3. The molecule has 0 bridgehead atoms. The molecule has 1 aliphatic rings. The van der Waals surface area contributed by atoms with Crippen molar-refractivity contribution in [1.29, 1.82) is 0 Å². The number of aliphatic hydroxyl groups excluding tert-OH is 1. The first-order chi connectivity index (χ1) is 9.20. The summed E-state index contributed by atoms with van der Waals surface area (Å²) in [4.78, 5) is 2.44. The second kappa shape index (κ2) is 7.39. The molecule has 1 aliphatic carbocycles. The molecule has 0 heterocycles. The quantitative estimate of drug-likeness (QED) is 0.796. The van der Waals surface area contributed by atoms with E-state index >= 15 is 0 Å². The van der Waals surface area contributed by atoms with Gasteiger partial charge in [-0.05, 0) is 37.0 Å². The predicted molar refractivity (Wildman–Crippen MR) is 80.2 cm³/mol. The van der Waals surface area contributed by atoms with Crippen LogP contribution in [0.15, 0.2) is 28.7 Å². The van der Waals surface area contributed by atoms with Crippen LogP contribution in [0.3, 0.4) is 0 Å². The zero-order chi connectivity index (χ0) is 13.7. The van der Waals surface area contributed by atoms with Crippen molar-refractivity contribution in [1.82, 2.24) is 4.90 Å². The molecule has 1 saturated carbocycles. The second-order valence-electron chi connectivity index (χ2n) is 5.12. The van der Waals surface area contributed by atoms with E-state index in [0.717, 1.165) is 36.2 Å². The largest absolute Gasteiger partial charge is 0.388 e. The van der Waals surface area contributed by atoms with Gasteiger partial charge in [-0.15, -0.1) is 0 Å². The lowest BCUT2D eigenvalue weighted by atomic mass is 10.1. The van der Waals surface area contributed by atoms with E-state index < -0.39 is 0 Å². The summed E-state index contributed by atoms with van der Waals surface area (Å²) in [6, 6.07) is 8.62. The Morgan fingerprint density at radius 1 is 1.42 bits per heavy atom. The third-order valence-electron chi connectivity index (χ3n) is 3.57. The molecule has 0 saturated heterocycles. The fourth-order valence-corrected chi connectivity index (χ4v) is 2.71. The van der Waals surface area contributed by atoms with Crippen LogP contribution in [0, 0.1) is 0 Å². The number of aliphatic hydroxyl groups is 1. The first kappa shape index (κ1) is 15.0. The monoisotopic (exact) mass is 327 g/mol. The van der Waals surface area contributed by atoms with Crippen LogP contribution < -0.4 is 0 Å². The molecule has 1 aromatic rings. The van der Waals surface area contributed by atoms with E-state index in [1.807, 2.05) is 24.3 Å². The average Bonchev–Trinajstić information content (AvgIpc) is 3.23. The maximum atomic E-state index is 10.2. The summed E-state index contributed by atoms with van der Waals surface area (Å²) in [5, 5.41) is 10.2. The molecule has 0 aromatic heterocycles. The van der Waals surface area contributed by atoms with E-state index in [0.29, 0.717) is 6.04 Å². The lowest BCUT2D eigenvalue weighted by molar-refractivity contribution is 0.113. The van der Waals surface area contributed by atoms with E-state index in [-0.39, 0.29) is 6.10 Å². The van der Waals surface area contributed by atoms with Crippen LogP contribution in [0.2, 0.25) is 0 Å². The second-order valence-corrected chi connectivity index (χ2v) is 6.04. The SMILES string of the molecule is COCCN(CCC(O)c1cccc(Br)c1)C1CC1. The molecule has 1 fully saturated rings. The molecule has 0 amide bonds. The number of ether oxygens (including phenoxy) is 1. The minimum absolute atomic E-state index is 0.388. The lowest BCUT2D eigenvalue weighted by Crippen LogP contribution is -2.31. The predicted octanol–water partition coefficient (Wildman–Crippen LogP) is 2.98. The van der Waals surface area contributed by atoms with Crippen molar-refractivity contribution >= 4 is 15.9 Å². The first-order valence-electron chi connectivity index (χ1n) is 6.87. The number of nitrogens with zero attached hydrogens (tertiary/aromatic N) is 1. The Labute approximate surface area is 123 Å². The zero-order valence-corrected chi connectivity index (χ0v) is 13.0. The Morgan fingerprint density at radius 3 is 2.84 bits per heavy atom. The van der Waals surface area contributed by atoms with Crippen molar-refractivity contribution in [2.75, 3.05) is 26.8 Å². The fourth-order valence-electron chi connectivity index (χ4n) is 2.29. The van der Waals surface area contributed by atoms with Gasteiger partial charge in [-0.2, -0.15) is 0 Å². The Morgan fingerprint density at radius 2 is 2.21 bits per heavy atom. The van der Waals surface area contributed by atoms with E-state index in [1.54, 1.807) is 7.11 Å². The van der Waals surface area contributed by atoms with Gasteiger partial charge < -0.3 is 9.84 Å². The highest BCUT2D eigenvalue weighted by Crippen LogP contribution is 2.28. The van der Waals surface area contributed by atoms with Gasteiger partial charge in [0, 0.05) is 30.7 Å². The van der Waals surface area contributed by atoms with Gasteiger partial charge in [0.05, 0.1) is 12.7 Å². The fraction of sp³-hybridized carbons (Fsp3) is 0.600. The van der Waals surface area contributed by atoms with Gasteiger partial charge in [0.15, 0.2) is 0 Å². The van der Waals surface area contributed by atoms with Gasteiger partial charge >= 0.3 is 0 Å². The summed E-state index contributed by atoms with van der Waals surface area (Å²) in [5.41, 5.74) is 0.983. The first-order valence-corrected chi connectivity index (χ1v) is 7.66. The average molecular weight is 328 g/mol. The normalized spacial score (nSPS) is 16.8. The number of hydrogen-bond acceptors (Lipinski definition) is 3. The molecule has 1 aromatic carbocycles. The molecule has 0 aliphatic heterocycles. The summed E-state index contributed by atoms with van der Waals surface area (Å²) in [7, 11) is 1.74. The topological polar surface area (TPSA) is 32.7 Å². The van der Waals surface area contributed by atoms with E-state index in [2.05, 4.69) is 20.8 Å². The number of hydrogen-bond donors (Lipinski definition) is 1. The maximum Gasteiger partial charge on any atom is 0.0802 e. The van der Waals surface area contributed by atoms with Crippen LogP contribution in [-0.2, 0) is 4.74 Å². The van der Waals surface area contributed by atoms with Crippen molar-refractivity contribution in [3.05, 3.63) is 34.3 Å². The molecule has 1 atom stereocenters. The molecule has 1 unspecified atom stereocenters. The Hall–Kier alpha value is -0.420. The highest BCUT2D eigenvalue weighted by atomic mass is 79.9. The van der Waals surface area contributed by atoms with Crippen molar-refractivity contribution in [3.63, 3.8) is 0 Å². The van der Waals surface area contributed by atoms with Crippen LogP contribution in [-0.4, -0.2) is 42.9 Å². The van der Waals surface area contributed by atoms with Crippen molar-refractivity contribution < 1.29 is 9.84 Å². The smallest absolute Gasteiger partial charge is 0.0802 e. The molecular formula is C15H22BrNO2. The molecule has 1 N–H and O–H groups in total. The van der Waals surface area contributed by atoms with Gasteiger partial charge in [0.1, 0.15) is 0 Å². The summed E-state index contributed by atoms with van der Waals surface area (Å²) >= 11 is 3.44. The summed E-state index contributed by atoms with van der Waals surface area (Å²) in [5.74, 6) is 0. The van der Waals surface area contributed by atoms with Crippen molar-refractivity contribution in [3.8, 4) is 0 Å². The van der Waals surface area contributed by atoms with Crippen LogP contribution in [0.5, 0.6) is 0 Å². The minimum Gasteiger partial charge on any atom is -0.388 e. The Kier molecular flexibility index (Phi) is 5.82. The Balaban J connectivity index is 1.82. The van der Waals surface area contributed by atoms with Crippen LogP contribution in [0.1, 0.15) is 30.9 Å². The molecular weight excluding hydrogens is 306 g/mol. The van der Waals surface area contributed by atoms with Crippen molar-refractivity contribution in [2.24, 2.45) is 0 Å². The van der Waals surface area contributed by atoms with Gasteiger partial charge in [-0.3, -0.25) is 4.90 Å². The zero-order valence-electron chi connectivity index (χ0n) is 11.4. The number of halogens is 1. The molecule has 4 heteroatoms. The third kappa shape index (κ3) is 4.88. The highest BCUT2D eigenvalue weighted by molar-refractivity contribution is 9.10. The van der Waals surface area contributed by atoms with Crippen molar-refractivity contribution in [2.45, 2.75) is 31.4 Å². The number of rotatable bonds is 8. The Bertz CT molecular complexity index is 395. The summed E-state index contributed by atoms with van der Waals surface area (Å²) in [6.07, 6.45) is 2.96. The lowest BCUT2D eigenvalue weighted by Gasteiger charge is -2.23. The number of benzene rings is 1. The molecule has 2 rings (SSSR count). The number of methoxy groups -OCH3 is 1. The van der Waals surface area contributed by atoms with Gasteiger partial charge in [-0.1, -0.05) is 28.1 Å². The molecule has 106 valence electrons. The highest BCUT2D eigenvalue weighted by Gasteiger charge is 2.28. The van der Waals surface area contributed by atoms with E-state index in [1.165, 1.54) is 12.8 Å². The summed E-state index contributed by atoms with van der Waals surface area (Å²) < 4.78 is 6.16. The molecule has 0 radical (unpaired) electrons. The molecule has 0 spiro atoms. The summed E-state index contributed by atoms with van der Waals surface area (Å²) in [6.45, 7) is 2.66. The van der Waals surface area contributed by atoms with Crippen LogP contribution >= 0.6 is 15.9 Å². The van der Waals surface area contributed by atoms with Gasteiger partial charge in [0.25, 0.3) is 0 Å². The maximum absolute atomic E-state index is 10.2. The van der Waals surface area contributed by atoms with E-state index in [4.69, 9.17) is 4.74 Å². The van der Waals surface area contributed by atoms with Gasteiger partial charge in [0.2, 0.25) is 0 Å². The van der Waals surface area contributed by atoms with Crippen LogP contribution in [0.4, 0.5) is 0 Å². The molecule has 19 heavy (non-hydrogen) atoms. The third-order valence-corrected chi connectivity index (χ3v) is 4.06. The van der Waals surface area contributed by atoms with Gasteiger partial charge in [-0.25, -0.2) is 0 Å². The molecule has 3 nitrogen and oxygen atoms in total. The van der Waals surface area contributed by atoms with E-state index in [9.17, 15) is 5.11 Å². The van der Waals surface area contributed by atoms with Crippen LogP contribution in [0.25, 0.3) is 0 Å². The minimum atomic E-state index is -0.388.